The Kier molecular flexibility index (Phi) is 4.67. The van der Waals surface area contributed by atoms with Crippen molar-refractivity contribution in [2.75, 3.05) is 11.9 Å². The van der Waals surface area contributed by atoms with Gasteiger partial charge < -0.3 is 10.1 Å². The number of pyridine rings is 1. The Labute approximate surface area is 145 Å². The monoisotopic (exact) mass is 340 g/mol. The number of aromatic nitrogens is 1. The summed E-state index contributed by atoms with van der Waals surface area (Å²) in [6.45, 7) is 3.73. The van der Waals surface area contributed by atoms with Gasteiger partial charge in [0.05, 0.1) is 0 Å². The molecule has 0 aliphatic heterocycles. The van der Waals surface area contributed by atoms with Crippen molar-refractivity contribution < 1.29 is 9.53 Å². The van der Waals surface area contributed by atoms with E-state index in [-0.39, 0.29) is 12.5 Å². The SMILES string of the molecule is Cc1ccc2cccc(OCC(=O)Nc3cc(Cl)ccc3C)c2n1. The molecule has 2 aromatic carbocycles. The minimum absolute atomic E-state index is 0.0965. The van der Waals surface area contributed by atoms with Crippen LogP contribution in [0.5, 0.6) is 5.75 Å². The van der Waals surface area contributed by atoms with Gasteiger partial charge in [-0.25, -0.2) is 4.98 Å². The minimum Gasteiger partial charge on any atom is -0.481 e. The van der Waals surface area contributed by atoms with Gasteiger partial charge in [0, 0.05) is 21.8 Å². The number of carbonyl (C=O) groups is 1. The Balaban J connectivity index is 1.73. The van der Waals surface area contributed by atoms with E-state index in [1.807, 2.05) is 50.2 Å². The molecule has 122 valence electrons. The molecule has 0 aliphatic rings. The van der Waals surface area contributed by atoms with Crippen molar-refractivity contribution >= 4 is 34.1 Å². The van der Waals surface area contributed by atoms with Crippen LogP contribution < -0.4 is 10.1 Å². The van der Waals surface area contributed by atoms with E-state index in [1.165, 1.54) is 0 Å². The fourth-order valence-electron chi connectivity index (χ4n) is 2.39. The molecule has 1 amide bonds. The van der Waals surface area contributed by atoms with Gasteiger partial charge in [-0.2, -0.15) is 0 Å². The number of anilines is 1. The Hall–Kier alpha value is -2.59. The number of nitrogens with one attached hydrogen (secondary N) is 1. The molecule has 1 N–H and O–H groups in total. The second-order valence-electron chi connectivity index (χ2n) is 5.58. The molecule has 5 heteroatoms. The van der Waals surface area contributed by atoms with E-state index in [9.17, 15) is 4.79 Å². The second kappa shape index (κ2) is 6.89. The predicted octanol–water partition coefficient (Wildman–Crippen LogP) is 4.52. The summed E-state index contributed by atoms with van der Waals surface area (Å²) < 4.78 is 5.67. The molecule has 0 bridgehead atoms. The molecule has 0 aliphatic carbocycles. The number of ether oxygens (including phenoxy) is 1. The van der Waals surface area contributed by atoms with Gasteiger partial charge in [0.15, 0.2) is 6.61 Å². The van der Waals surface area contributed by atoms with Crippen molar-refractivity contribution in [2.24, 2.45) is 0 Å². The molecule has 24 heavy (non-hydrogen) atoms. The topological polar surface area (TPSA) is 51.2 Å². The number of para-hydroxylation sites is 1. The number of hydrogen-bond donors (Lipinski definition) is 1. The highest BCUT2D eigenvalue weighted by Gasteiger charge is 2.09. The van der Waals surface area contributed by atoms with E-state index in [2.05, 4.69) is 10.3 Å². The first-order valence-electron chi connectivity index (χ1n) is 7.58. The van der Waals surface area contributed by atoms with Gasteiger partial charge in [-0.05, 0) is 43.7 Å². The highest BCUT2D eigenvalue weighted by atomic mass is 35.5. The second-order valence-corrected chi connectivity index (χ2v) is 6.01. The number of benzene rings is 2. The van der Waals surface area contributed by atoms with E-state index < -0.39 is 0 Å². The van der Waals surface area contributed by atoms with Gasteiger partial charge in [0.25, 0.3) is 5.91 Å². The van der Waals surface area contributed by atoms with Crippen LogP contribution >= 0.6 is 11.6 Å². The molecular weight excluding hydrogens is 324 g/mol. The Morgan fingerprint density at radius 1 is 1.17 bits per heavy atom. The smallest absolute Gasteiger partial charge is 0.262 e. The maximum Gasteiger partial charge on any atom is 0.262 e. The lowest BCUT2D eigenvalue weighted by atomic mass is 10.2. The first-order chi connectivity index (χ1) is 11.5. The molecule has 0 unspecified atom stereocenters. The molecule has 0 radical (unpaired) electrons. The highest BCUT2D eigenvalue weighted by Crippen LogP contribution is 2.24. The zero-order chi connectivity index (χ0) is 17.1. The Morgan fingerprint density at radius 2 is 2.00 bits per heavy atom. The summed E-state index contributed by atoms with van der Waals surface area (Å²) >= 11 is 5.96. The van der Waals surface area contributed by atoms with Crippen LogP contribution in [-0.4, -0.2) is 17.5 Å². The quantitative estimate of drug-likeness (QED) is 0.759. The van der Waals surface area contributed by atoms with Crippen molar-refractivity contribution in [2.45, 2.75) is 13.8 Å². The Morgan fingerprint density at radius 3 is 2.83 bits per heavy atom. The molecule has 0 saturated heterocycles. The van der Waals surface area contributed by atoms with Crippen LogP contribution in [0.3, 0.4) is 0 Å². The highest BCUT2D eigenvalue weighted by molar-refractivity contribution is 6.31. The zero-order valence-electron chi connectivity index (χ0n) is 13.5. The molecule has 0 atom stereocenters. The van der Waals surface area contributed by atoms with Crippen molar-refractivity contribution in [1.29, 1.82) is 0 Å². The van der Waals surface area contributed by atoms with Crippen LogP contribution in [0.1, 0.15) is 11.3 Å². The number of hydrogen-bond acceptors (Lipinski definition) is 3. The standard InChI is InChI=1S/C19H17ClN2O2/c1-12-6-9-15(20)10-16(12)22-18(23)11-24-17-5-3-4-14-8-7-13(2)21-19(14)17/h3-10H,11H2,1-2H3,(H,22,23). The van der Waals surface area contributed by atoms with Crippen LogP contribution in [0.25, 0.3) is 10.9 Å². The summed E-state index contributed by atoms with van der Waals surface area (Å²) in [6, 6.07) is 15.0. The normalized spacial score (nSPS) is 10.6. The number of rotatable bonds is 4. The lowest BCUT2D eigenvalue weighted by Crippen LogP contribution is -2.20. The zero-order valence-corrected chi connectivity index (χ0v) is 14.2. The largest absolute Gasteiger partial charge is 0.481 e. The first-order valence-corrected chi connectivity index (χ1v) is 7.96. The number of fused-ring (bicyclic) bond motifs is 1. The van der Waals surface area contributed by atoms with E-state index in [1.54, 1.807) is 12.1 Å². The third-order valence-electron chi connectivity index (χ3n) is 3.65. The lowest BCUT2D eigenvalue weighted by molar-refractivity contribution is -0.118. The maximum absolute atomic E-state index is 12.2. The van der Waals surface area contributed by atoms with Gasteiger partial charge in [-0.15, -0.1) is 0 Å². The summed E-state index contributed by atoms with van der Waals surface area (Å²) in [5, 5.41) is 4.36. The van der Waals surface area contributed by atoms with Crippen LogP contribution in [0.15, 0.2) is 48.5 Å². The summed E-state index contributed by atoms with van der Waals surface area (Å²) in [5.41, 5.74) is 3.28. The first kappa shape index (κ1) is 16.3. The molecular formula is C19H17ClN2O2. The molecule has 3 aromatic rings. The van der Waals surface area contributed by atoms with Crippen LogP contribution in [0.2, 0.25) is 5.02 Å². The summed E-state index contributed by atoms with van der Waals surface area (Å²) in [7, 11) is 0. The third-order valence-corrected chi connectivity index (χ3v) is 3.89. The molecule has 0 saturated carbocycles. The molecule has 0 spiro atoms. The number of carbonyl (C=O) groups excluding carboxylic acids is 1. The summed E-state index contributed by atoms with van der Waals surface area (Å²) in [6.07, 6.45) is 0. The van der Waals surface area contributed by atoms with Gasteiger partial charge >= 0.3 is 0 Å². The van der Waals surface area contributed by atoms with Gasteiger partial charge in [-0.3, -0.25) is 4.79 Å². The molecule has 3 rings (SSSR count). The van der Waals surface area contributed by atoms with E-state index >= 15 is 0 Å². The fourth-order valence-corrected chi connectivity index (χ4v) is 2.56. The van der Waals surface area contributed by atoms with Crippen LogP contribution in [0.4, 0.5) is 5.69 Å². The van der Waals surface area contributed by atoms with Gasteiger partial charge in [0.2, 0.25) is 0 Å². The van der Waals surface area contributed by atoms with Crippen molar-refractivity contribution in [3.8, 4) is 5.75 Å². The minimum atomic E-state index is -0.245. The number of aryl methyl sites for hydroxylation is 2. The van der Waals surface area contributed by atoms with Gasteiger partial charge in [0.1, 0.15) is 11.3 Å². The molecule has 4 nitrogen and oxygen atoms in total. The number of nitrogens with zero attached hydrogens (tertiary/aromatic N) is 1. The predicted molar refractivity (Wildman–Crippen MR) is 96.8 cm³/mol. The van der Waals surface area contributed by atoms with Crippen molar-refractivity contribution in [1.82, 2.24) is 4.98 Å². The molecule has 0 fully saturated rings. The van der Waals surface area contributed by atoms with Crippen molar-refractivity contribution in [3.63, 3.8) is 0 Å². The van der Waals surface area contributed by atoms with E-state index in [0.29, 0.717) is 16.5 Å². The maximum atomic E-state index is 12.2. The van der Waals surface area contributed by atoms with Crippen LogP contribution in [-0.2, 0) is 4.79 Å². The lowest BCUT2D eigenvalue weighted by Gasteiger charge is -2.11. The molecule has 1 heterocycles. The fraction of sp³-hybridized carbons (Fsp3) is 0.158. The van der Waals surface area contributed by atoms with Crippen molar-refractivity contribution in [3.05, 3.63) is 64.8 Å². The summed E-state index contributed by atoms with van der Waals surface area (Å²) in [5.74, 6) is 0.346. The summed E-state index contributed by atoms with van der Waals surface area (Å²) in [4.78, 5) is 16.6. The number of halogens is 1. The average Bonchev–Trinajstić information content (AvgIpc) is 2.56. The number of amides is 1. The molecule has 1 aromatic heterocycles. The van der Waals surface area contributed by atoms with Gasteiger partial charge in [-0.1, -0.05) is 35.9 Å². The third kappa shape index (κ3) is 3.66. The van der Waals surface area contributed by atoms with E-state index in [0.717, 1.165) is 22.2 Å². The average molecular weight is 341 g/mol. The van der Waals surface area contributed by atoms with E-state index in [4.69, 9.17) is 16.3 Å². The Bertz CT molecular complexity index is 909. The van der Waals surface area contributed by atoms with Crippen LogP contribution in [0, 0.1) is 13.8 Å².